The van der Waals surface area contributed by atoms with Gasteiger partial charge in [-0.25, -0.2) is 0 Å². The fourth-order valence-electron chi connectivity index (χ4n) is 1.43. The first-order valence-corrected chi connectivity index (χ1v) is 6.63. The lowest BCUT2D eigenvalue weighted by atomic mass is 10.3. The first-order chi connectivity index (χ1) is 7.65. The second kappa shape index (κ2) is 6.75. The highest BCUT2D eigenvalue weighted by Gasteiger charge is 2.26. The Morgan fingerprint density at radius 2 is 2.31 bits per heavy atom. The van der Waals surface area contributed by atoms with Crippen molar-refractivity contribution in [2.24, 2.45) is 0 Å². The molecule has 0 aromatic heterocycles. The molecular formula is C10H19N3O2S. The molecule has 0 bridgehead atoms. The molecular weight excluding hydrogens is 226 g/mol. The van der Waals surface area contributed by atoms with Gasteiger partial charge in [-0.05, 0) is 6.42 Å². The van der Waals surface area contributed by atoms with Crippen LogP contribution < -0.4 is 10.6 Å². The fourth-order valence-corrected chi connectivity index (χ4v) is 2.37. The number of nitrogens with one attached hydrogen (secondary N) is 2. The van der Waals surface area contributed by atoms with E-state index in [1.807, 2.05) is 6.92 Å². The summed E-state index contributed by atoms with van der Waals surface area (Å²) in [5.74, 6) is 1.51. The molecule has 0 aromatic carbocycles. The van der Waals surface area contributed by atoms with Gasteiger partial charge in [0, 0.05) is 25.2 Å². The van der Waals surface area contributed by atoms with Crippen molar-refractivity contribution in [2.75, 3.05) is 31.8 Å². The minimum atomic E-state index is -0.131. The molecule has 16 heavy (non-hydrogen) atoms. The van der Waals surface area contributed by atoms with Crippen LogP contribution in [-0.2, 0) is 9.59 Å². The van der Waals surface area contributed by atoms with Gasteiger partial charge in [0.25, 0.3) is 0 Å². The number of carbonyl (C=O) groups is 2. The van der Waals surface area contributed by atoms with E-state index in [1.165, 1.54) is 4.90 Å². The number of nitrogens with zero attached hydrogens (tertiary/aromatic N) is 1. The first-order valence-electron chi connectivity index (χ1n) is 5.48. The van der Waals surface area contributed by atoms with E-state index in [0.29, 0.717) is 6.54 Å². The van der Waals surface area contributed by atoms with Gasteiger partial charge in [-0.3, -0.25) is 14.9 Å². The average Bonchev–Trinajstić information content (AvgIpc) is 2.78. The number of carbonyl (C=O) groups excluding carboxylic acids is 2. The minimum absolute atomic E-state index is 0.00310. The molecule has 5 nitrogen and oxygen atoms in total. The molecule has 1 aliphatic rings. The first kappa shape index (κ1) is 13.3. The topological polar surface area (TPSA) is 61.4 Å². The van der Waals surface area contributed by atoms with Crippen LogP contribution in [-0.4, -0.2) is 54.5 Å². The van der Waals surface area contributed by atoms with Crippen molar-refractivity contribution in [3.05, 3.63) is 0 Å². The van der Waals surface area contributed by atoms with E-state index in [2.05, 4.69) is 10.6 Å². The van der Waals surface area contributed by atoms with E-state index in [1.54, 1.807) is 18.8 Å². The summed E-state index contributed by atoms with van der Waals surface area (Å²) in [6.07, 6.45) is 0.907. The molecule has 0 radical (unpaired) electrons. The van der Waals surface area contributed by atoms with Gasteiger partial charge in [0.2, 0.25) is 11.8 Å². The van der Waals surface area contributed by atoms with Crippen molar-refractivity contribution in [1.29, 1.82) is 0 Å². The lowest BCUT2D eigenvalue weighted by Gasteiger charge is -2.20. The number of hydrogen-bond donors (Lipinski definition) is 2. The minimum Gasteiger partial charge on any atom is -0.355 e. The molecule has 1 aliphatic heterocycles. The summed E-state index contributed by atoms with van der Waals surface area (Å²) < 4.78 is 0. The summed E-state index contributed by atoms with van der Waals surface area (Å²) in [7, 11) is 1.67. The number of likely N-dealkylation sites (N-methyl/N-ethyl adjacent to an activating group) is 1. The van der Waals surface area contributed by atoms with E-state index in [9.17, 15) is 9.59 Å². The molecule has 2 amide bonds. The van der Waals surface area contributed by atoms with Crippen molar-refractivity contribution in [1.82, 2.24) is 15.5 Å². The van der Waals surface area contributed by atoms with E-state index in [0.717, 1.165) is 18.1 Å². The van der Waals surface area contributed by atoms with E-state index >= 15 is 0 Å². The van der Waals surface area contributed by atoms with Crippen LogP contribution in [0.1, 0.15) is 13.3 Å². The number of hydrogen-bond acceptors (Lipinski definition) is 4. The summed E-state index contributed by atoms with van der Waals surface area (Å²) >= 11 is 1.70. The highest BCUT2D eigenvalue weighted by Crippen LogP contribution is 2.11. The smallest absolute Gasteiger partial charge is 0.240 e. The maximum absolute atomic E-state index is 11.8. The van der Waals surface area contributed by atoms with Crippen LogP contribution in [0.2, 0.25) is 0 Å². The molecule has 2 N–H and O–H groups in total. The van der Waals surface area contributed by atoms with Gasteiger partial charge in [-0.2, -0.15) is 0 Å². The third-order valence-corrected chi connectivity index (χ3v) is 3.28. The Hall–Kier alpha value is -0.750. The normalized spacial score (nSPS) is 19.5. The Kier molecular flexibility index (Phi) is 5.62. The van der Waals surface area contributed by atoms with Crippen LogP contribution in [0.25, 0.3) is 0 Å². The Balaban J connectivity index is 2.30. The third-order valence-electron chi connectivity index (χ3n) is 2.34. The molecule has 0 aliphatic carbocycles. The van der Waals surface area contributed by atoms with Crippen molar-refractivity contribution in [2.45, 2.75) is 19.4 Å². The molecule has 0 spiro atoms. The molecule has 92 valence electrons. The van der Waals surface area contributed by atoms with Crippen LogP contribution in [0, 0.1) is 0 Å². The van der Waals surface area contributed by atoms with Crippen molar-refractivity contribution < 1.29 is 9.59 Å². The SMILES string of the molecule is CCCNC(=O)CN(C)C(=O)C1CSCN1. The Bertz CT molecular complexity index is 254. The Morgan fingerprint density at radius 1 is 1.56 bits per heavy atom. The molecule has 0 saturated carbocycles. The van der Waals surface area contributed by atoms with Gasteiger partial charge < -0.3 is 10.2 Å². The van der Waals surface area contributed by atoms with Crippen LogP contribution in [0.5, 0.6) is 0 Å². The highest BCUT2D eigenvalue weighted by molar-refractivity contribution is 7.99. The summed E-state index contributed by atoms with van der Waals surface area (Å²) in [4.78, 5) is 24.7. The quantitative estimate of drug-likeness (QED) is 0.694. The number of rotatable bonds is 5. The summed E-state index contributed by atoms with van der Waals surface area (Å²) in [6.45, 7) is 2.80. The summed E-state index contributed by atoms with van der Waals surface area (Å²) in [6, 6.07) is -0.131. The Labute approximate surface area is 100 Å². The van der Waals surface area contributed by atoms with Crippen molar-refractivity contribution >= 4 is 23.6 Å². The van der Waals surface area contributed by atoms with Crippen molar-refractivity contribution in [3.8, 4) is 0 Å². The maximum Gasteiger partial charge on any atom is 0.240 e. The van der Waals surface area contributed by atoms with Crippen LogP contribution in [0.3, 0.4) is 0 Å². The van der Waals surface area contributed by atoms with Gasteiger partial charge in [-0.1, -0.05) is 6.92 Å². The lowest BCUT2D eigenvalue weighted by Crippen LogP contribution is -2.46. The van der Waals surface area contributed by atoms with Crippen LogP contribution >= 0.6 is 11.8 Å². The highest BCUT2D eigenvalue weighted by atomic mass is 32.2. The summed E-state index contributed by atoms with van der Waals surface area (Å²) in [5.41, 5.74) is 0. The summed E-state index contributed by atoms with van der Waals surface area (Å²) in [5, 5.41) is 5.84. The lowest BCUT2D eigenvalue weighted by molar-refractivity contribution is -0.135. The zero-order valence-corrected chi connectivity index (χ0v) is 10.6. The zero-order chi connectivity index (χ0) is 12.0. The maximum atomic E-state index is 11.8. The Morgan fingerprint density at radius 3 is 2.88 bits per heavy atom. The second-order valence-corrected chi connectivity index (χ2v) is 4.85. The van der Waals surface area contributed by atoms with Crippen molar-refractivity contribution in [3.63, 3.8) is 0 Å². The molecule has 1 atom stereocenters. The largest absolute Gasteiger partial charge is 0.355 e. The molecule has 1 unspecified atom stereocenters. The van der Waals surface area contributed by atoms with Gasteiger partial charge in [0.05, 0.1) is 12.6 Å². The zero-order valence-electron chi connectivity index (χ0n) is 9.78. The van der Waals surface area contributed by atoms with E-state index in [4.69, 9.17) is 0 Å². The monoisotopic (exact) mass is 245 g/mol. The van der Waals surface area contributed by atoms with Gasteiger partial charge in [0.1, 0.15) is 0 Å². The number of thioether (sulfide) groups is 1. The van der Waals surface area contributed by atoms with Gasteiger partial charge in [-0.15, -0.1) is 11.8 Å². The third kappa shape index (κ3) is 4.02. The predicted molar refractivity (Wildman–Crippen MR) is 65.2 cm³/mol. The van der Waals surface area contributed by atoms with E-state index < -0.39 is 0 Å². The predicted octanol–water partition coefficient (Wildman–Crippen LogP) is -0.366. The van der Waals surface area contributed by atoms with E-state index in [-0.39, 0.29) is 24.4 Å². The fraction of sp³-hybridized carbons (Fsp3) is 0.800. The van der Waals surface area contributed by atoms with Gasteiger partial charge in [0.15, 0.2) is 0 Å². The standard InChI is InChI=1S/C10H19N3O2S/c1-3-4-11-9(14)5-13(2)10(15)8-6-16-7-12-8/h8,12H,3-7H2,1-2H3,(H,11,14). The molecule has 1 heterocycles. The van der Waals surface area contributed by atoms with Crippen LogP contribution in [0.4, 0.5) is 0 Å². The second-order valence-electron chi connectivity index (χ2n) is 3.82. The number of amides is 2. The molecule has 0 aromatic rings. The molecule has 1 saturated heterocycles. The van der Waals surface area contributed by atoms with Gasteiger partial charge >= 0.3 is 0 Å². The molecule has 6 heteroatoms. The molecule has 1 fully saturated rings. The average molecular weight is 245 g/mol. The molecule has 1 rings (SSSR count). The van der Waals surface area contributed by atoms with Crippen LogP contribution in [0.15, 0.2) is 0 Å².